The predicted octanol–water partition coefficient (Wildman–Crippen LogP) is 1.45. The molecule has 2 rings (SSSR count). The number of methoxy groups -OCH3 is 2. The van der Waals surface area contributed by atoms with Gasteiger partial charge in [-0.05, 0) is 13.0 Å². The van der Waals surface area contributed by atoms with E-state index in [0.717, 1.165) is 23.6 Å². The average molecular weight is 301 g/mol. The van der Waals surface area contributed by atoms with Crippen LogP contribution in [0.2, 0.25) is 0 Å². The lowest BCUT2D eigenvalue weighted by atomic mass is 10.1. The Morgan fingerprint density at radius 1 is 1.35 bits per heavy atom. The van der Waals surface area contributed by atoms with Crippen molar-refractivity contribution in [2.75, 3.05) is 27.3 Å². The molecule has 6 heteroatoms. The van der Waals surface area contributed by atoms with E-state index < -0.39 is 0 Å². The predicted molar refractivity (Wildman–Crippen MR) is 79.7 cm³/mol. The molecule has 1 saturated heterocycles. The van der Waals surface area contributed by atoms with Gasteiger partial charge in [0.1, 0.15) is 11.5 Å². The fourth-order valence-corrected chi connectivity index (χ4v) is 2.25. The second kappa shape index (κ2) is 7.36. The van der Waals surface area contributed by atoms with Crippen LogP contribution in [0.4, 0.5) is 0 Å². The highest BCUT2D eigenvalue weighted by Crippen LogP contribution is 2.26. The fraction of sp³-hybridized carbons (Fsp3) is 0.500. The number of hydrogen-bond acceptors (Lipinski definition) is 4. The highest BCUT2D eigenvalue weighted by atomic mass is 35.5. The summed E-state index contributed by atoms with van der Waals surface area (Å²) in [5, 5.41) is 2.86. The first kappa shape index (κ1) is 16.6. The Morgan fingerprint density at radius 2 is 2.10 bits per heavy atom. The van der Waals surface area contributed by atoms with E-state index in [1.54, 1.807) is 14.2 Å². The van der Waals surface area contributed by atoms with Gasteiger partial charge in [-0.2, -0.15) is 0 Å². The summed E-state index contributed by atoms with van der Waals surface area (Å²) >= 11 is 0. The minimum atomic E-state index is -0.111. The number of halogens is 1. The number of hydrogen-bond donors (Lipinski definition) is 1. The number of carbonyl (C=O) groups excluding carboxylic acids is 1. The zero-order valence-electron chi connectivity index (χ0n) is 12.0. The van der Waals surface area contributed by atoms with Gasteiger partial charge in [0.25, 0.3) is 0 Å². The lowest BCUT2D eigenvalue weighted by molar-refractivity contribution is -0.128. The normalized spacial score (nSPS) is 18.9. The summed E-state index contributed by atoms with van der Waals surface area (Å²) in [6.45, 7) is 4.16. The quantitative estimate of drug-likeness (QED) is 0.914. The minimum absolute atomic E-state index is 0. The standard InChI is InChI=1S/C14H20N2O3.ClH/c1-10-14(17)15-6-7-16(10)9-11-4-5-12(18-2)8-13(11)19-3;/h4-5,8,10H,6-7,9H2,1-3H3,(H,15,17);1H/t10-;/m0./s1. The SMILES string of the molecule is COc1ccc(CN2CCNC(=O)[C@@H]2C)c(OC)c1.Cl. The zero-order chi connectivity index (χ0) is 13.8. The molecule has 1 aromatic rings. The van der Waals surface area contributed by atoms with E-state index in [-0.39, 0.29) is 24.4 Å². The Labute approximate surface area is 125 Å². The smallest absolute Gasteiger partial charge is 0.237 e. The molecule has 1 fully saturated rings. The molecule has 112 valence electrons. The van der Waals surface area contributed by atoms with Crippen molar-refractivity contribution < 1.29 is 14.3 Å². The van der Waals surface area contributed by atoms with E-state index >= 15 is 0 Å². The van der Waals surface area contributed by atoms with E-state index in [1.165, 1.54) is 0 Å². The van der Waals surface area contributed by atoms with Crippen molar-refractivity contribution in [3.05, 3.63) is 23.8 Å². The van der Waals surface area contributed by atoms with Gasteiger partial charge in [0.2, 0.25) is 5.91 Å². The zero-order valence-corrected chi connectivity index (χ0v) is 12.8. The molecule has 1 aliphatic heterocycles. The lowest BCUT2D eigenvalue weighted by Crippen LogP contribution is -2.53. The molecular formula is C14H21ClN2O3. The summed E-state index contributed by atoms with van der Waals surface area (Å²) in [4.78, 5) is 13.8. The Bertz CT molecular complexity index is 468. The van der Waals surface area contributed by atoms with Crippen molar-refractivity contribution >= 4 is 18.3 Å². The highest BCUT2D eigenvalue weighted by Gasteiger charge is 2.25. The van der Waals surface area contributed by atoms with Gasteiger partial charge in [-0.3, -0.25) is 9.69 Å². The summed E-state index contributed by atoms with van der Waals surface area (Å²) in [5.74, 6) is 1.64. The van der Waals surface area contributed by atoms with E-state index in [4.69, 9.17) is 9.47 Å². The van der Waals surface area contributed by atoms with Crippen LogP contribution >= 0.6 is 12.4 Å². The summed E-state index contributed by atoms with van der Waals surface area (Å²) in [6.07, 6.45) is 0. The van der Waals surface area contributed by atoms with Gasteiger partial charge in [-0.25, -0.2) is 0 Å². The maximum atomic E-state index is 11.6. The summed E-state index contributed by atoms with van der Waals surface area (Å²) in [7, 11) is 3.27. The van der Waals surface area contributed by atoms with Gasteiger partial charge < -0.3 is 14.8 Å². The molecule has 1 amide bonds. The minimum Gasteiger partial charge on any atom is -0.497 e. The molecule has 0 radical (unpaired) electrons. The molecule has 1 heterocycles. The van der Waals surface area contributed by atoms with Crippen LogP contribution in [-0.2, 0) is 11.3 Å². The van der Waals surface area contributed by atoms with Crippen molar-refractivity contribution in [3.8, 4) is 11.5 Å². The van der Waals surface area contributed by atoms with E-state index in [9.17, 15) is 4.79 Å². The largest absolute Gasteiger partial charge is 0.497 e. The van der Waals surface area contributed by atoms with Gasteiger partial charge in [0, 0.05) is 31.3 Å². The second-order valence-electron chi connectivity index (χ2n) is 4.62. The topological polar surface area (TPSA) is 50.8 Å². The fourth-order valence-electron chi connectivity index (χ4n) is 2.25. The summed E-state index contributed by atoms with van der Waals surface area (Å²) in [5.41, 5.74) is 1.06. The number of nitrogens with zero attached hydrogens (tertiary/aromatic N) is 1. The molecular weight excluding hydrogens is 280 g/mol. The second-order valence-corrected chi connectivity index (χ2v) is 4.62. The van der Waals surface area contributed by atoms with E-state index in [2.05, 4.69) is 10.2 Å². The number of piperazine rings is 1. The van der Waals surface area contributed by atoms with Gasteiger partial charge in [-0.1, -0.05) is 6.07 Å². The van der Waals surface area contributed by atoms with Crippen molar-refractivity contribution in [3.63, 3.8) is 0 Å². The van der Waals surface area contributed by atoms with Crippen LogP contribution in [-0.4, -0.2) is 44.2 Å². The molecule has 1 N–H and O–H groups in total. The van der Waals surface area contributed by atoms with Gasteiger partial charge >= 0.3 is 0 Å². The first-order valence-electron chi connectivity index (χ1n) is 6.38. The Kier molecular flexibility index (Phi) is 6.10. The number of ether oxygens (including phenoxy) is 2. The van der Waals surface area contributed by atoms with Crippen LogP contribution < -0.4 is 14.8 Å². The molecule has 5 nitrogen and oxygen atoms in total. The number of rotatable bonds is 4. The number of benzene rings is 1. The molecule has 0 bridgehead atoms. The van der Waals surface area contributed by atoms with Gasteiger partial charge in [-0.15, -0.1) is 12.4 Å². The monoisotopic (exact) mass is 300 g/mol. The first-order valence-corrected chi connectivity index (χ1v) is 6.38. The third-order valence-corrected chi connectivity index (χ3v) is 3.49. The van der Waals surface area contributed by atoms with Crippen LogP contribution in [0.1, 0.15) is 12.5 Å². The Hall–Kier alpha value is -1.46. The summed E-state index contributed by atoms with van der Waals surface area (Å²) in [6, 6.07) is 5.65. The third-order valence-electron chi connectivity index (χ3n) is 3.49. The highest BCUT2D eigenvalue weighted by molar-refractivity contribution is 5.85. The number of amides is 1. The lowest BCUT2D eigenvalue weighted by Gasteiger charge is -2.33. The molecule has 1 aromatic carbocycles. The Balaban J connectivity index is 0.00000200. The van der Waals surface area contributed by atoms with Crippen molar-refractivity contribution in [2.24, 2.45) is 0 Å². The molecule has 0 unspecified atom stereocenters. The average Bonchev–Trinajstić information content (AvgIpc) is 2.44. The van der Waals surface area contributed by atoms with Crippen LogP contribution in [0.3, 0.4) is 0 Å². The van der Waals surface area contributed by atoms with Crippen LogP contribution in [0, 0.1) is 0 Å². The van der Waals surface area contributed by atoms with Crippen LogP contribution in [0.5, 0.6) is 11.5 Å². The maximum absolute atomic E-state index is 11.6. The van der Waals surface area contributed by atoms with E-state index in [1.807, 2.05) is 25.1 Å². The Morgan fingerprint density at radius 3 is 2.75 bits per heavy atom. The molecule has 0 aromatic heterocycles. The summed E-state index contributed by atoms with van der Waals surface area (Å²) < 4.78 is 10.6. The van der Waals surface area contributed by atoms with Crippen molar-refractivity contribution in [2.45, 2.75) is 19.5 Å². The maximum Gasteiger partial charge on any atom is 0.237 e. The molecule has 20 heavy (non-hydrogen) atoms. The molecule has 0 spiro atoms. The van der Waals surface area contributed by atoms with Gasteiger partial charge in [0.05, 0.1) is 20.3 Å². The van der Waals surface area contributed by atoms with Crippen molar-refractivity contribution in [1.82, 2.24) is 10.2 Å². The molecule has 1 atom stereocenters. The number of carbonyl (C=O) groups is 1. The third kappa shape index (κ3) is 3.55. The van der Waals surface area contributed by atoms with Crippen LogP contribution in [0.15, 0.2) is 18.2 Å². The van der Waals surface area contributed by atoms with E-state index in [0.29, 0.717) is 13.1 Å². The van der Waals surface area contributed by atoms with Crippen molar-refractivity contribution in [1.29, 1.82) is 0 Å². The molecule has 0 saturated carbocycles. The number of nitrogens with one attached hydrogen (secondary N) is 1. The van der Waals surface area contributed by atoms with Gasteiger partial charge in [0.15, 0.2) is 0 Å². The molecule has 1 aliphatic rings. The first-order chi connectivity index (χ1) is 9.15. The molecule has 0 aliphatic carbocycles. The van der Waals surface area contributed by atoms with Crippen LogP contribution in [0.25, 0.3) is 0 Å².